The third kappa shape index (κ3) is 3.44. The summed E-state index contributed by atoms with van der Waals surface area (Å²) in [5.41, 5.74) is 1.26. The van der Waals surface area contributed by atoms with Gasteiger partial charge in [-0.2, -0.15) is 0 Å². The van der Waals surface area contributed by atoms with E-state index >= 15 is 0 Å². The highest BCUT2D eigenvalue weighted by molar-refractivity contribution is 14.1. The second-order valence-corrected chi connectivity index (χ2v) is 6.35. The monoisotopic (exact) mass is 361 g/mol. The molecule has 1 atom stereocenters. The van der Waals surface area contributed by atoms with Crippen molar-refractivity contribution in [2.45, 2.75) is 44.6 Å². The molecular formula is C15H21FIN. The molecule has 1 fully saturated rings. The van der Waals surface area contributed by atoms with Crippen LogP contribution in [0.5, 0.6) is 0 Å². The smallest absolute Gasteiger partial charge is 0.124 e. The van der Waals surface area contributed by atoms with Crippen LogP contribution in [-0.2, 0) is 0 Å². The summed E-state index contributed by atoms with van der Waals surface area (Å²) < 4.78 is 14.2. The van der Waals surface area contributed by atoms with Crippen molar-refractivity contribution in [3.05, 3.63) is 33.1 Å². The zero-order valence-corrected chi connectivity index (χ0v) is 13.0. The summed E-state index contributed by atoms with van der Waals surface area (Å²) in [6.07, 6.45) is 7.99. The van der Waals surface area contributed by atoms with E-state index in [1.54, 1.807) is 12.1 Å². The van der Waals surface area contributed by atoms with E-state index in [0.717, 1.165) is 3.57 Å². The lowest BCUT2D eigenvalue weighted by atomic mass is 9.87. The summed E-state index contributed by atoms with van der Waals surface area (Å²) in [6.45, 7) is 0. The molecule has 1 N–H and O–H groups in total. The van der Waals surface area contributed by atoms with Crippen LogP contribution in [0.3, 0.4) is 0 Å². The Balaban J connectivity index is 2.20. The SMILES string of the molecule is CNC(c1ccc(F)cc1I)C1CCCCCC1. The van der Waals surface area contributed by atoms with Crippen LogP contribution in [-0.4, -0.2) is 7.05 Å². The Bertz CT molecular complexity index is 386. The van der Waals surface area contributed by atoms with Crippen molar-refractivity contribution in [2.24, 2.45) is 5.92 Å². The molecule has 0 spiro atoms. The average molecular weight is 361 g/mol. The molecule has 0 heterocycles. The van der Waals surface area contributed by atoms with Crippen LogP contribution >= 0.6 is 22.6 Å². The fraction of sp³-hybridized carbons (Fsp3) is 0.600. The van der Waals surface area contributed by atoms with Crippen LogP contribution < -0.4 is 5.32 Å². The van der Waals surface area contributed by atoms with Crippen molar-refractivity contribution in [3.63, 3.8) is 0 Å². The van der Waals surface area contributed by atoms with E-state index in [9.17, 15) is 4.39 Å². The Morgan fingerprint density at radius 1 is 1.22 bits per heavy atom. The summed E-state index contributed by atoms with van der Waals surface area (Å²) in [5.74, 6) is 0.551. The van der Waals surface area contributed by atoms with Crippen molar-refractivity contribution in [1.29, 1.82) is 0 Å². The minimum Gasteiger partial charge on any atom is -0.313 e. The molecule has 18 heavy (non-hydrogen) atoms. The minimum atomic E-state index is -0.140. The van der Waals surface area contributed by atoms with Gasteiger partial charge in [0.15, 0.2) is 0 Å². The van der Waals surface area contributed by atoms with E-state index in [1.807, 2.05) is 13.1 Å². The highest BCUT2D eigenvalue weighted by Crippen LogP contribution is 2.35. The highest BCUT2D eigenvalue weighted by Gasteiger charge is 2.24. The Morgan fingerprint density at radius 2 is 1.89 bits per heavy atom. The van der Waals surface area contributed by atoms with E-state index in [4.69, 9.17) is 0 Å². The van der Waals surface area contributed by atoms with Crippen molar-refractivity contribution in [2.75, 3.05) is 7.05 Å². The third-order valence-corrected chi connectivity index (χ3v) is 4.91. The molecule has 0 aliphatic heterocycles. The standard InChI is InChI=1S/C15H21FIN/c1-18-15(11-6-4-2-3-5-7-11)13-9-8-12(16)10-14(13)17/h8-11,15,18H,2-7H2,1H3. The van der Waals surface area contributed by atoms with Gasteiger partial charge >= 0.3 is 0 Å². The minimum absolute atomic E-state index is 0.140. The first-order chi connectivity index (χ1) is 8.72. The largest absolute Gasteiger partial charge is 0.313 e. The van der Waals surface area contributed by atoms with Crippen LogP contribution in [0.15, 0.2) is 18.2 Å². The number of nitrogens with one attached hydrogen (secondary N) is 1. The summed E-state index contributed by atoms with van der Waals surface area (Å²) in [7, 11) is 2.02. The molecule has 3 heteroatoms. The highest BCUT2D eigenvalue weighted by atomic mass is 127. The summed E-state index contributed by atoms with van der Waals surface area (Å²) in [6, 6.07) is 5.54. The van der Waals surface area contributed by atoms with Gasteiger partial charge in [-0.3, -0.25) is 0 Å². The first-order valence-corrected chi connectivity index (χ1v) is 7.92. The van der Waals surface area contributed by atoms with E-state index < -0.39 is 0 Å². The first-order valence-electron chi connectivity index (χ1n) is 6.84. The number of halogens is 2. The van der Waals surface area contributed by atoms with Crippen LogP contribution in [0, 0.1) is 15.3 Å². The maximum Gasteiger partial charge on any atom is 0.124 e. The van der Waals surface area contributed by atoms with Crippen LogP contribution in [0.1, 0.15) is 50.1 Å². The van der Waals surface area contributed by atoms with E-state index in [1.165, 1.54) is 44.1 Å². The zero-order chi connectivity index (χ0) is 13.0. The lowest BCUT2D eigenvalue weighted by Crippen LogP contribution is -2.26. The van der Waals surface area contributed by atoms with Gasteiger partial charge < -0.3 is 5.32 Å². The molecule has 0 saturated heterocycles. The molecule has 0 radical (unpaired) electrons. The summed E-state index contributed by atoms with van der Waals surface area (Å²) in [4.78, 5) is 0. The molecule has 0 amide bonds. The zero-order valence-electron chi connectivity index (χ0n) is 10.9. The maximum atomic E-state index is 13.2. The summed E-state index contributed by atoms with van der Waals surface area (Å²) >= 11 is 2.25. The molecule has 100 valence electrons. The normalized spacial score (nSPS) is 19.5. The molecule has 0 aromatic heterocycles. The van der Waals surface area contributed by atoms with E-state index in [0.29, 0.717) is 12.0 Å². The second kappa shape index (κ2) is 6.85. The van der Waals surface area contributed by atoms with Crippen LogP contribution in [0.4, 0.5) is 4.39 Å². The fourth-order valence-electron chi connectivity index (χ4n) is 3.04. The topological polar surface area (TPSA) is 12.0 Å². The Hall–Kier alpha value is -0.160. The maximum absolute atomic E-state index is 13.2. The Kier molecular flexibility index (Phi) is 5.42. The van der Waals surface area contributed by atoms with Crippen molar-refractivity contribution >= 4 is 22.6 Å². The van der Waals surface area contributed by atoms with Gasteiger partial charge in [0.2, 0.25) is 0 Å². The fourth-order valence-corrected chi connectivity index (χ4v) is 3.86. The predicted molar refractivity (Wildman–Crippen MR) is 82.1 cm³/mol. The summed E-state index contributed by atoms with van der Waals surface area (Å²) in [5, 5.41) is 3.45. The number of hydrogen-bond donors (Lipinski definition) is 1. The molecule has 0 bridgehead atoms. The van der Waals surface area contributed by atoms with Gasteiger partial charge in [-0.1, -0.05) is 31.7 Å². The Morgan fingerprint density at radius 3 is 2.44 bits per heavy atom. The number of hydrogen-bond acceptors (Lipinski definition) is 1. The molecule has 2 rings (SSSR count). The van der Waals surface area contributed by atoms with Gasteiger partial charge in [0, 0.05) is 9.61 Å². The molecule has 1 saturated carbocycles. The van der Waals surface area contributed by atoms with Gasteiger partial charge in [-0.15, -0.1) is 0 Å². The lowest BCUT2D eigenvalue weighted by molar-refractivity contribution is 0.340. The molecule has 1 unspecified atom stereocenters. The van der Waals surface area contributed by atoms with Crippen molar-refractivity contribution in [3.8, 4) is 0 Å². The van der Waals surface area contributed by atoms with Gasteiger partial charge in [0.1, 0.15) is 5.82 Å². The van der Waals surface area contributed by atoms with Crippen LogP contribution in [0.25, 0.3) is 0 Å². The number of rotatable bonds is 3. The quantitative estimate of drug-likeness (QED) is 0.610. The average Bonchev–Trinajstić information content (AvgIpc) is 2.62. The predicted octanol–water partition coefficient (Wildman–Crippen LogP) is 4.66. The van der Waals surface area contributed by atoms with Crippen molar-refractivity contribution in [1.82, 2.24) is 5.32 Å². The number of benzene rings is 1. The Labute approximate surface area is 123 Å². The molecular weight excluding hydrogens is 340 g/mol. The lowest BCUT2D eigenvalue weighted by Gasteiger charge is -2.27. The van der Waals surface area contributed by atoms with Gasteiger partial charge in [-0.05, 0) is 66.1 Å². The van der Waals surface area contributed by atoms with Gasteiger partial charge in [0.25, 0.3) is 0 Å². The second-order valence-electron chi connectivity index (χ2n) is 5.18. The molecule has 1 aromatic carbocycles. The van der Waals surface area contributed by atoms with Gasteiger partial charge in [-0.25, -0.2) is 4.39 Å². The molecule has 1 aliphatic carbocycles. The third-order valence-electron chi connectivity index (χ3n) is 3.98. The molecule has 1 nitrogen and oxygen atoms in total. The molecule has 1 aromatic rings. The van der Waals surface area contributed by atoms with E-state index in [-0.39, 0.29) is 5.82 Å². The van der Waals surface area contributed by atoms with Gasteiger partial charge in [0.05, 0.1) is 0 Å². The van der Waals surface area contributed by atoms with Crippen molar-refractivity contribution < 1.29 is 4.39 Å². The van der Waals surface area contributed by atoms with E-state index in [2.05, 4.69) is 27.9 Å². The first kappa shape index (κ1) is 14.3. The molecule has 1 aliphatic rings. The van der Waals surface area contributed by atoms with Crippen LogP contribution in [0.2, 0.25) is 0 Å².